The van der Waals surface area contributed by atoms with Crippen molar-refractivity contribution in [2.45, 2.75) is 6.42 Å². The van der Waals surface area contributed by atoms with Crippen molar-refractivity contribution >= 4 is 23.4 Å². The van der Waals surface area contributed by atoms with Crippen LogP contribution in [0, 0.1) is 23.7 Å². The van der Waals surface area contributed by atoms with Gasteiger partial charge < -0.3 is 14.8 Å². The van der Waals surface area contributed by atoms with Crippen molar-refractivity contribution in [1.82, 2.24) is 4.90 Å². The smallest absolute Gasteiger partial charge is 0.244 e. The molecular formula is C19H18N2O5. The van der Waals surface area contributed by atoms with Crippen LogP contribution in [0.1, 0.15) is 6.42 Å². The zero-order chi connectivity index (χ0) is 17.8. The highest BCUT2D eigenvalue weighted by Gasteiger charge is 2.59. The summed E-state index contributed by atoms with van der Waals surface area (Å²) >= 11 is 0. The first-order valence-electron chi connectivity index (χ1n) is 8.85. The van der Waals surface area contributed by atoms with E-state index in [-0.39, 0.29) is 42.0 Å². The Balaban J connectivity index is 1.28. The maximum absolute atomic E-state index is 12.6. The van der Waals surface area contributed by atoms with Gasteiger partial charge in [0.25, 0.3) is 0 Å². The number of fused-ring (bicyclic) bond motifs is 6. The Morgan fingerprint density at radius 1 is 1.04 bits per heavy atom. The fourth-order valence-corrected chi connectivity index (χ4v) is 4.59. The molecule has 1 saturated heterocycles. The van der Waals surface area contributed by atoms with Crippen LogP contribution in [0.25, 0.3) is 0 Å². The lowest BCUT2D eigenvalue weighted by Gasteiger charge is -2.20. The van der Waals surface area contributed by atoms with Gasteiger partial charge in [0.05, 0.1) is 11.8 Å². The van der Waals surface area contributed by atoms with Gasteiger partial charge in [-0.2, -0.15) is 0 Å². The van der Waals surface area contributed by atoms with E-state index in [0.717, 1.165) is 11.3 Å². The van der Waals surface area contributed by atoms with Crippen LogP contribution < -0.4 is 14.8 Å². The van der Waals surface area contributed by atoms with Crippen molar-refractivity contribution in [3.8, 4) is 11.5 Å². The minimum atomic E-state index is -0.399. The normalized spacial score (nSPS) is 30.7. The third-order valence-corrected chi connectivity index (χ3v) is 5.69. The molecule has 2 bridgehead atoms. The summed E-state index contributed by atoms with van der Waals surface area (Å²) in [6.45, 7) is 0.704. The number of imide groups is 1. The lowest BCUT2D eigenvalue weighted by molar-refractivity contribution is -0.143. The first-order chi connectivity index (χ1) is 12.6. The Morgan fingerprint density at radius 3 is 2.38 bits per heavy atom. The van der Waals surface area contributed by atoms with E-state index in [2.05, 4.69) is 5.32 Å². The zero-order valence-electron chi connectivity index (χ0n) is 14.0. The van der Waals surface area contributed by atoms with Crippen LogP contribution in [0.15, 0.2) is 30.4 Å². The molecule has 134 valence electrons. The molecule has 0 unspecified atom stereocenters. The van der Waals surface area contributed by atoms with Crippen molar-refractivity contribution in [2.75, 3.05) is 25.1 Å². The van der Waals surface area contributed by atoms with E-state index in [9.17, 15) is 14.4 Å². The minimum Gasteiger partial charge on any atom is -0.486 e. The Labute approximate surface area is 149 Å². The first-order valence-corrected chi connectivity index (χ1v) is 8.85. The maximum Gasteiger partial charge on any atom is 0.244 e. The number of allylic oxidation sites excluding steroid dienone is 2. The fourth-order valence-electron chi connectivity index (χ4n) is 4.59. The summed E-state index contributed by atoms with van der Waals surface area (Å²) in [5.74, 6) is 0.111. The molecule has 7 heteroatoms. The molecule has 0 radical (unpaired) electrons. The van der Waals surface area contributed by atoms with Gasteiger partial charge in [0.1, 0.15) is 19.8 Å². The molecule has 4 atom stereocenters. The van der Waals surface area contributed by atoms with E-state index in [1.807, 2.05) is 12.2 Å². The zero-order valence-corrected chi connectivity index (χ0v) is 14.0. The third-order valence-electron chi connectivity index (χ3n) is 5.69. The van der Waals surface area contributed by atoms with Crippen LogP contribution in [-0.2, 0) is 14.4 Å². The number of nitrogens with zero attached hydrogens (tertiary/aromatic N) is 1. The molecule has 4 aliphatic rings. The number of benzene rings is 1. The van der Waals surface area contributed by atoms with Crippen molar-refractivity contribution in [1.29, 1.82) is 0 Å². The topological polar surface area (TPSA) is 84.9 Å². The van der Waals surface area contributed by atoms with Crippen molar-refractivity contribution < 1.29 is 23.9 Å². The summed E-state index contributed by atoms with van der Waals surface area (Å²) in [6, 6.07) is 5.11. The van der Waals surface area contributed by atoms with Gasteiger partial charge in [-0.15, -0.1) is 0 Å². The van der Waals surface area contributed by atoms with E-state index in [0.29, 0.717) is 30.4 Å². The molecule has 5 rings (SSSR count). The van der Waals surface area contributed by atoms with Crippen LogP contribution >= 0.6 is 0 Å². The summed E-state index contributed by atoms with van der Waals surface area (Å²) in [4.78, 5) is 38.7. The van der Waals surface area contributed by atoms with E-state index in [1.54, 1.807) is 18.2 Å². The number of nitrogens with one attached hydrogen (secondary N) is 1. The SMILES string of the molecule is O=C(CN1C(=O)[C@@H]2[C@@H](C1=O)[C@H]1C=C[C@H]2C1)Nc1ccc2c(c1)OCCO2. The molecule has 1 N–H and O–H groups in total. The molecule has 3 amide bonds. The van der Waals surface area contributed by atoms with Crippen molar-refractivity contribution in [3.05, 3.63) is 30.4 Å². The fraction of sp³-hybridized carbons (Fsp3) is 0.421. The summed E-state index contributed by atoms with van der Waals surface area (Å²) in [6.07, 6.45) is 4.95. The van der Waals surface area contributed by atoms with Crippen LogP contribution in [0.2, 0.25) is 0 Å². The monoisotopic (exact) mass is 354 g/mol. The number of likely N-dealkylation sites (tertiary alicyclic amines) is 1. The molecule has 2 heterocycles. The van der Waals surface area contributed by atoms with E-state index < -0.39 is 5.91 Å². The third kappa shape index (κ3) is 2.23. The summed E-state index contributed by atoms with van der Waals surface area (Å²) < 4.78 is 10.9. The lowest BCUT2D eigenvalue weighted by atomic mass is 9.85. The lowest BCUT2D eigenvalue weighted by Crippen LogP contribution is -2.39. The van der Waals surface area contributed by atoms with E-state index in [4.69, 9.17) is 9.47 Å². The molecule has 1 saturated carbocycles. The van der Waals surface area contributed by atoms with Gasteiger partial charge in [0.2, 0.25) is 17.7 Å². The number of hydrogen-bond acceptors (Lipinski definition) is 5. The number of anilines is 1. The molecule has 7 nitrogen and oxygen atoms in total. The average molecular weight is 354 g/mol. The van der Waals surface area contributed by atoms with Crippen LogP contribution in [0.3, 0.4) is 0 Å². The largest absolute Gasteiger partial charge is 0.486 e. The minimum absolute atomic E-state index is 0.146. The van der Waals surface area contributed by atoms with Crippen molar-refractivity contribution in [2.24, 2.45) is 23.7 Å². The number of amides is 3. The molecule has 26 heavy (non-hydrogen) atoms. The molecule has 0 spiro atoms. The number of hydrogen-bond donors (Lipinski definition) is 1. The van der Waals surface area contributed by atoms with Crippen LogP contribution in [0.5, 0.6) is 11.5 Å². The molecule has 2 aliphatic carbocycles. The van der Waals surface area contributed by atoms with Gasteiger partial charge in [-0.1, -0.05) is 12.2 Å². The summed E-state index contributed by atoms with van der Waals surface area (Å²) in [5.41, 5.74) is 0.542. The summed E-state index contributed by atoms with van der Waals surface area (Å²) in [5, 5.41) is 2.73. The summed E-state index contributed by atoms with van der Waals surface area (Å²) in [7, 11) is 0. The Hall–Kier alpha value is -2.83. The van der Waals surface area contributed by atoms with E-state index >= 15 is 0 Å². The molecule has 2 fully saturated rings. The second-order valence-electron chi connectivity index (χ2n) is 7.17. The van der Waals surface area contributed by atoms with Crippen molar-refractivity contribution in [3.63, 3.8) is 0 Å². The van der Waals surface area contributed by atoms with E-state index in [1.165, 1.54) is 0 Å². The van der Waals surface area contributed by atoms with Gasteiger partial charge in [-0.3, -0.25) is 19.3 Å². The number of carbonyl (C=O) groups is 3. The van der Waals surface area contributed by atoms with Gasteiger partial charge >= 0.3 is 0 Å². The van der Waals surface area contributed by atoms with Gasteiger partial charge in [0, 0.05) is 11.8 Å². The predicted molar refractivity (Wildman–Crippen MR) is 90.5 cm³/mol. The Morgan fingerprint density at radius 2 is 1.69 bits per heavy atom. The average Bonchev–Trinajstić information content (AvgIpc) is 3.32. The quantitative estimate of drug-likeness (QED) is 0.651. The van der Waals surface area contributed by atoms with Crippen LogP contribution in [0.4, 0.5) is 5.69 Å². The Kier molecular flexibility index (Phi) is 3.32. The first kappa shape index (κ1) is 15.4. The second kappa shape index (κ2) is 5.59. The second-order valence-corrected chi connectivity index (χ2v) is 7.17. The predicted octanol–water partition coefficient (Wildman–Crippen LogP) is 1.20. The van der Waals surface area contributed by atoms with Crippen LogP contribution in [-0.4, -0.2) is 42.4 Å². The number of rotatable bonds is 3. The number of ether oxygens (including phenoxy) is 2. The number of carbonyl (C=O) groups excluding carboxylic acids is 3. The molecule has 1 aromatic carbocycles. The molecule has 2 aliphatic heterocycles. The van der Waals surface area contributed by atoms with Gasteiger partial charge in [0.15, 0.2) is 11.5 Å². The van der Waals surface area contributed by atoms with Gasteiger partial charge in [-0.25, -0.2) is 0 Å². The standard InChI is InChI=1S/C19H18N2O5/c22-15(20-12-3-4-13-14(8-12)26-6-5-25-13)9-21-18(23)16-10-1-2-11(7-10)17(16)19(21)24/h1-4,8,10-11,16-17H,5-7,9H2,(H,20,22)/t10-,11-,16-,17-/m0/s1. The van der Waals surface area contributed by atoms with Gasteiger partial charge in [-0.05, 0) is 30.4 Å². The Bertz CT molecular complexity index is 818. The molecule has 1 aromatic rings. The highest BCUT2D eigenvalue weighted by molar-refractivity contribution is 6.09. The highest BCUT2D eigenvalue weighted by atomic mass is 16.6. The highest BCUT2D eigenvalue weighted by Crippen LogP contribution is 2.52. The maximum atomic E-state index is 12.6. The molecular weight excluding hydrogens is 336 g/mol. The molecule has 0 aromatic heterocycles.